The van der Waals surface area contributed by atoms with Crippen LogP contribution in [0.15, 0.2) is 0 Å². The van der Waals surface area contributed by atoms with Gasteiger partial charge in [-0.05, 0) is 19.3 Å². The van der Waals surface area contributed by atoms with Crippen molar-refractivity contribution in [1.29, 1.82) is 0 Å². The molecule has 1 rings (SSSR count). The van der Waals surface area contributed by atoms with Gasteiger partial charge in [-0.25, -0.2) is 0 Å². The Morgan fingerprint density at radius 2 is 1.60 bits per heavy atom. The molecule has 0 aromatic rings. The van der Waals surface area contributed by atoms with Crippen LogP contribution < -0.4 is 5.73 Å². The smallest absolute Gasteiger partial charge is 0.302 e. The maximum absolute atomic E-state index is 11.4. The number of nitrogens with two attached hydrogens (primary N) is 1. The summed E-state index contributed by atoms with van der Waals surface area (Å²) >= 11 is 0. The summed E-state index contributed by atoms with van der Waals surface area (Å²) < 4.78 is 21.3. The van der Waals surface area contributed by atoms with E-state index in [1.54, 1.807) is 0 Å². The van der Waals surface area contributed by atoms with Crippen molar-refractivity contribution < 1.29 is 33.3 Å². The molecule has 0 spiro atoms. The molecule has 0 saturated carbocycles. The second-order valence-electron chi connectivity index (χ2n) is 6.36. The van der Waals surface area contributed by atoms with Crippen LogP contribution in [0.4, 0.5) is 0 Å². The molecule has 2 N–H and O–H groups in total. The highest BCUT2D eigenvalue weighted by molar-refractivity contribution is 5.66. The molecule has 5 unspecified atom stereocenters. The number of carbonyl (C=O) groups excluding carboxylic acids is 3. The normalized spacial score (nSPS) is 28.9. The Hall–Kier alpha value is -1.67. The molecule has 25 heavy (non-hydrogen) atoms. The second-order valence-corrected chi connectivity index (χ2v) is 6.36. The summed E-state index contributed by atoms with van der Waals surface area (Å²) in [5, 5.41) is 0. The van der Waals surface area contributed by atoms with E-state index in [4.69, 9.17) is 24.7 Å². The Labute approximate surface area is 148 Å². The second kappa shape index (κ2) is 10.4. The molecule has 144 valence electrons. The first-order valence-corrected chi connectivity index (χ1v) is 8.57. The van der Waals surface area contributed by atoms with Crippen molar-refractivity contribution in [2.45, 2.75) is 71.3 Å². The van der Waals surface area contributed by atoms with Gasteiger partial charge in [0.1, 0.15) is 12.7 Å². The summed E-state index contributed by atoms with van der Waals surface area (Å²) in [6.07, 6.45) is 0.820. The van der Waals surface area contributed by atoms with Crippen molar-refractivity contribution >= 4 is 17.9 Å². The fraction of sp³-hybridized carbons (Fsp3) is 0.824. The summed E-state index contributed by atoms with van der Waals surface area (Å²) in [5.41, 5.74) is 6.25. The first-order valence-electron chi connectivity index (χ1n) is 8.57. The van der Waals surface area contributed by atoms with Crippen LogP contribution in [0.25, 0.3) is 0 Å². The lowest BCUT2D eigenvalue weighted by Gasteiger charge is -2.43. The van der Waals surface area contributed by atoms with Crippen LogP contribution in [0, 0.1) is 5.92 Å². The van der Waals surface area contributed by atoms with Gasteiger partial charge in [-0.1, -0.05) is 6.92 Å². The molecule has 0 aliphatic carbocycles. The molecule has 0 aromatic carbocycles. The van der Waals surface area contributed by atoms with E-state index in [-0.39, 0.29) is 24.6 Å². The van der Waals surface area contributed by atoms with E-state index in [2.05, 4.69) is 0 Å². The first-order chi connectivity index (χ1) is 11.7. The standard InChI is InChI=1S/C17H29NO7/c1-10-15(9-23-12(3)20)25-14(7-5-6-8-22-11(2)19)16(18)17(10)24-13(4)21/h10,14-17H,5-9,18H2,1-4H3. The van der Waals surface area contributed by atoms with Crippen molar-refractivity contribution in [1.82, 2.24) is 0 Å². The van der Waals surface area contributed by atoms with Crippen molar-refractivity contribution in [2.75, 3.05) is 13.2 Å². The first kappa shape index (κ1) is 21.4. The minimum atomic E-state index is -0.509. The molecule has 1 aliphatic heterocycles. The van der Waals surface area contributed by atoms with Gasteiger partial charge < -0.3 is 24.7 Å². The summed E-state index contributed by atoms with van der Waals surface area (Å²) in [5.74, 6) is -1.31. The summed E-state index contributed by atoms with van der Waals surface area (Å²) in [4.78, 5) is 33.2. The molecular weight excluding hydrogens is 330 g/mol. The van der Waals surface area contributed by atoms with E-state index in [1.807, 2.05) is 6.92 Å². The molecule has 5 atom stereocenters. The number of carbonyl (C=O) groups is 3. The monoisotopic (exact) mass is 359 g/mol. The summed E-state index contributed by atoms with van der Waals surface area (Å²) in [6.45, 7) is 6.33. The lowest BCUT2D eigenvalue weighted by molar-refractivity contribution is -0.189. The molecule has 1 aliphatic rings. The van der Waals surface area contributed by atoms with E-state index in [0.29, 0.717) is 19.4 Å². The fourth-order valence-electron chi connectivity index (χ4n) is 2.90. The molecule has 0 radical (unpaired) electrons. The van der Waals surface area contributed by atoms with Crippen molar-refractivity contribution in [2.24, 2.45) is 11.7 Å². The van der Waals surface area contributed by atoms with Crippen LogP contribution in [0.2, 0.25) is 0 Å². The largest absolute Gasteiger partial charge is 0.466 e. The third kappa shape index (κ3) is 7.39. The van der Waals surface area contributed by atoms with Gasteiger partial charge in [-0.15, -0.1) is 0 Å². The van der Waals surface area contributed by atoms with E-state index < -0.39 is 30.2 Å². The number of unbranched alkanes of at least 4 members (excludes halogenated alkanes) is 1. The Morgan fingerprint density at radius 1 is 0.960 bits per heavy atom. The third-order valence-corrected chi connectivity index (χ3v) is 4.20. The number of esters is 3. The van der Waals surface area contributed by atoms with E-state index >= 15 is 0 Å². The summed E-state index contributed by atoms with van der Waals surface area (Å²) in [6, 6.07) is -0.471. The SMILES string of the molecule is CC(=O)OCCCCC1OC(COC(C)=O)C(C)C(OC(C)=O)C1N. The van der Waals surface area contributed by atoms with Crippen molar-refractivity contribution in [3.63, 3.8) is 0 Å². The van der Waals surface area contributed by atoms with Crippen molar-refractivity contribution in [3.8, 4) is 0 Å². The Kier molecular flexibility index (Phi) is 8.85. The quantitative estimate of drug-likeness (QED) is 0.387. The minimum absolute atomic E-state index is 0.0882. The topological polar surface area (TPSA) is 114 Å². The zero-order chi connectivity index (χ0) is 19.0. The molecule has 0 amide bonds. The predicted octanol–water partition coefficient (Wildman–Crippen LogP) is 0.945. The minimum Gasteiger partial charge on any atom is -0.466 e. The Morgan fingerprint density at radius 3 is 2.16 bits per heavy atom. The highest BCUT2D eigenvalue weighted by Gasteiger charge is 2.43. The van der Waals surface area contributed by atoms with E-state index in [1.165, 1.54) is 20.8 Å². The van der Waals surface area contributed by atoms with Gasteiger partial charge in [0, 0.05) is 26.7 Å². The van der Waals surface area contributed by atoms with Crippen LogP contribution >= 0.6 is 0 Å². The maximum Gasteiger partial charge on any atom is 0.302 e. The van der Waals surface area contributed by atoms with Crippen LogP contribution in [0.1, 0.15) is 47.0 Å². The van der Waals surface area contributed by atoms with Crippen LogP contribution in [-0.4, -0.2) is 55.5 Å². The Balaban J connectivity index is 2.65. The number of rotatable bonds is 8. The van der Waals surface area contributed by atoms with Gasteiger partial charge in [0.25, 0.3) is 0 Å². The van der Waals surface area contributed by atoms with Gasteiger partial charge in [-0.3, -0.25) is 14.4 Å². The van der Waals surface area contributed by atoms with E-state index in [0.717, 1.165) is 6.42 Å². The third-order valence-electron chi connectivity index (χ3n) is 4.20. The van der Waals surface area contributed by atoms with Gasteiger partial charge in [0.05, 0.1) is 24.9 Å². The van der Waals surface area contributed by atoms with Gasteiger partial charge >= 0.3 is 17.9 Å². The predicted molar refractivity (Wildman–Crippen MR) is 88.5 cm³/mol. The zero-order valence-corrected chi connectivity index (χ0v) is 15.4. The Bertz CT molecular complexity index is 468. The van der Waals surface area contributed by atoms with E-state index in [9.17, 15) is 14.4 Å². The highest BCUT2D eigenvalue weighted by atomic mass is 16.6. The lowest BCUT2D eigenvalue weighted by atomic mass is 9.85. The van der Waals surface area contributed by atoms with Crippen LogP contribution in [-0.2, 0) is 33.3 Å². The lowest BCUT2D eigenvalue weighted by Crippen LogP contribution is -2.59. The number of hydrogen-bond acceptors (Lipinski definition) is 8. The van der Waals surface area contributed by atoms with Crippen LogP contribution in [0.5, 0.6) is 0 Å². The van der Waals surface area contributed by atoms with Crippen molar-refractivity contribution in [3.05, 3.63) is 0 Å². The zero-order valence-electron chi connectivity index (χ0n) is 15.4. The number of ether oxygens (including phenoxy) is 4. The van der Waals surface area contributed by atoms with Gasteiger partial charge in [-0.2, -0.15) is 0 Å². The molecule has 1 heterocycles. The molecule has 8 heteroatoms. The number of hydrogen-bond donors (Lipinski definition) is 1. The molecular formula is C17H29NO7. The summed E-state index contributed by atoms with van der Waals surface area (Å²) in [7, 11) is 0. The molecule has 1 saturated heterocycles. The van der Waals surface area contributed by atoms with Gasteiger partial charge in [0.15, 0.2) is 0 Å². The molecule has 0 bridgehead atoms. The molecule has 8 nitrogen and oxygen atoms in total. The fourth-order valence-corrected chi connectivity index (χ4v) is 2.90. The molecule has 0 aromatic heterocycles. The van der Waals surface area contributed by atoms with Gasteiger partial charge in [0.2, 0.25) is 0 Å². The molecule has 1 fully saturated rings. The average molecular weight is 359 g/mol. The highest BCUT2D eigenvalue weighted by Crippen LogP contribution is 2.30. The average Bonchev–Trinajstić information content (AvgIpc) is 2.51. The maximum atomic E-state index is 11.4. The van der Waals surface area contributed by atoms with Crippen LogP contribution in [0.3, 0.4) is 0 Å².